The fourth-order valence-corrected chi connectivity index (χ4v) is 1.66. The zero-order valence-corrected chi connectivity index (χ0v) is 7.48. The number of aromatic amines is 1. The summed E-state index contributed by atoms with van der Waals surface area (Å²) < 4.78 is 0. The molecule has 1 aromatic heterocycles. The summed E-state index contributed by atoms with van der Waals surface area (Å²) in [6.07, 6.45) is 2.03. The van der Waals surface area contributed by atoms with Crippen molar-refractivity contribution in [2.45, 2.75) is 4.90 Å². The minimum absolute atomic E-state index is 0.225. The molecule has 0 fully saturated rings. The standard InChI is InChI=1S/C9H9NOS/c1-12-7-3-2-6-4-9(11)10-8(6)5-7/h2-5,10-11H,1H3. The van der Waals surface area contributed by atoms with E-state index in [-0.39, 0.29) is 5.88 Å². The van der Waals surface area contributed by atoms with Gasteiger partial charge in [-0.3, -0.25) is 0 Å². The number of H-pyrrole nitrogens is 1. The van der Waals surface area contributed by atoms with Gasteiger partial charge >= 0.3 is 0 Å². The summed E-state index contributed by atoms with van der Waals surface area (Å²) in [6, 6.07) is 7.79. The molecule has 12 heavy (non-hydrogen) atoms. The van der Waals surface area contributed by atoms with Crippen molar-refractivity contribution in [3.63, 3.8) is 0 Å². The largest absolute Gasteiger partial charge is 0.495 e. The molecule has 0 amide bonds. The van der Waals surface area contributed by atoms with Crippen LogP contribution in [0.4, 0.5) is 0 Å². The maximum atomic E-state index is 9.16. The smallest absolute Gasteiger partial charge is 0.189 e. The minimum Gasteiger partial charge on any atom is -0.495 e. The van der Waals surface area contributed by atoms with Crippen molar-refractivity contribution in [2.75, 3.05) is 6.26 Å². The van der Waals surface area contributed by atoms with Gasteiger partial charge in [0.2, 0.25) is 0 Å². The lowest BCUT2D eigenvalue weighted by Gasteiger charge is -1.94. The van der Waals surface area contributed by atoms with Gasteiger partial charge in [-0.2, -0.15) is 0 Å². The number of hydrogen-bond acceptors (Lipinski definition) is 2. The SMILES string of the molecule is CSc1ccc2cc(O)[nH]c2c1. The number of thioether (sulfide) groups is 1. The Hall–Kier alpha value is -1.09. The lowest BCUT2D eigenvalue weighted by Crippen LogP contribution is -1.70. The van der Waals surface area contributed by atoms with E-state index in [2.05, 4.69) is 4.98 Å². The minimum atomic E-state index is 0.225. The molecule has 0 aliphatic heterocycles. The highest BCUT2D eigenvalue weighted by atomic mass is 32.2. The molecule has 0 radical (unpaired) electrons. The Balaban J connectivity index is 2.66. The van der Waals surface area contributed by atoms with Crippen molar-refractivity contribution < 1.29 is 5.11 Å². The third-order valence-electron chi connectivity index (χ3n) is 1.82. The first-order valence-corrected chi connectivity index (χ1v) is 4.88. The molecule has 0 atom stereocenters. The molecule has 2 rings (SSSR count). The number of rotatable bonds is 1. The van der Waals surface area contributed by atoms with Crippen LogP contribution in [-0.2, 0) is 0 Å². The van der Waals surface area contributed by atoms with Crippen LogP contribution in [0.1, 0.15) is 0 Å². The Kier molecular flexibility index (Phi) is 1.73. The molecule has 1 heterocycles. The van der Waals surface area contributed by atoms with Crippen molar-refractivity contribution in [3.8, 4) is 5.88 Å². The van der Waals surface area contributed by atoms with Gasteiger partial charge in [0, 0.05) is 21.9 Å². The molecule has 2 aromatic rings. The van der Waals surface area contributed by atoms with Crippen molar-refractivity contribution >= 4 is 22.7 Å². The zero-order chi connectivity index (χ0) is 8.55. The molecular weight excluding hydrogens is 170 g/mol. The highest BCUT2D eigenvalue weighted by molar-refractivity contribution is 7.98. The second kappa shape index (κ2) is 2.75. The molecule has 2 N–H and O–H groups in total. The summed E-state index contributed by atoms with van der Waals surface area (Å²) >= 11 is 1.69. The van der Waals surface area contributed by atoms with Crippen LogP contribution in [0.2, 0.25) is 0 Å². The number of benzene rings is 1. The first-order chi connectivity index (χ1) is 5.79. The van der Waals surface area contributed by atoms with Crippen LogP contribution in [0.25, 0.3) is 10.9 Å². The van der Waals surface area contributed by atoms with Gasteiger partial charge in [0.1, 0.15) is 0 Å². The van der Waals surface area contributed by atoms with Crippen molar-refractivity contribution in [2.24, 2.45) is 0 Å². The summed E-state index contributed by atoms with van der Waals surface area (Å²) in [5.74, 6) is 0.225. The molecule has 0 spiro atoms. The van der Waals surface area contributed by atoms with Crippen LogP contribution < -0.4 is 0 Å². The van der Waals surface area contributed by atoms with Gasteiger partial charge in [-0.25, -0.2) is 0 Å². The predicted molar refractivity (Wildman–Crippen MR) is 51.7 cm³/mol. The number of nitrogens with one attached hydrogen (secondary N) is 1. The van der Waals surface area contributed by atoms with Gasteiger partial charge in [0.05, 0.1) is 0 Å². The van der Waals surface area contributed by atoms with Crippen LogP contribution in [0.15, 0.2) is 29.2 Å². The van der Waals surface area contributed by atoms with E-state index in [1.54, 1.807) is 17.8 Å². The van der Waals surface area contributed by atoms with Crippen LogP contribution in [-0.4, -0.2) is 16.3 Å². The summed E-state index contributed by atoms with van der Waals surface area (Å²) in [4.78, 5) is 4.07. The summed E-state index contributed by atoms with van der Waals surface area (Å²) in [6.45, 7) is 0. The molecule has 0 bridgehead atoms. The monoisotopic (exact) mass is 179 g/mol. The van der Waals surface area contributed by atoms with E-state index >= 15 is 0 Å². The van der Waals surface area contributed by atoms with Crippen molar-refractivity contribution in [1.29, 1.82) is 0 Å². The van der Waals surface area contributed by atoms with Gasteiger partial charge < -0.3 is 10.1 Å². The first kappa shape index (κ1) is 7.55. The van der Waals surface area contributed by atoms with Gasteiger partial charge in [0.25, 0.3) is 0 Å². The molecule has 2 nitrogen and oxygen atoms in total. The Morgan fingerprint density at radius 1 is 1.33 bits per heavy atom. The second-order valence-electron chi connectivity index (χ2n) is 2.61. The number of fused-ring (bicyclic) bond motifs is 1. The zero-order valence-electron chi connectivity index (χ0n) is 6.66. The topological polar surface area (TPSA) is 36.0 Å². The maximum Gasteiger partial charge on any atom is 0.189 e. The van der Waals surface area contributed by atoms with E-state index in [1.807, 2.05) is 24.5 Å². The van der Waals surface area contributed by atoms with E-state index in [0.29, 0.717) is 0 Å². The highest BCUT2D eigenvalue weighted by Gasteiger charge is 1.98. The number of hydrogen-bond donors (Lipinski definition) is 2. The fourth-order valence-electron chi connectivity index (χ4n) is 1.22. The average Bonchev–Trinajstić information content (AvgIpc) is 2.43. The van der Waals surface area contributed by atoms with E-state index in [0.717, 1.165) is 10.9 Å². The molecule has 62 valence electrons. The third kappa shape index (κ3) is 1.16. The molecule has 0 unspecified atom stereocenters. The van der Waals surface area contributed by atoms with Gasteiger partial charge in [-0.05, 0) is 18.4 Å². The molecule has 3 heteroatoms. The lowest BCUT2D eigenvalue weighted by molar-refractivity contribution is 0.458. The second-order valence-corrected chi connectivity index (χ2v) is 3.49. The predicted octanol–water partition coefficient (Wildman–Crippen LogP) is 2.60. The van der Waals surface area contributed by atoms with Gasteiger partial charge in [0.15, 0.2) is 5.88 Å². The Labute approximate surface area is 74.6 Å². The van der Waals surface area contributed by atoms with E-state index in [9.17, 15) is 0 Å². The lowest BCUT2D eigenvalue weighted by atomic mass is 10.2. The molecular formula is C9H9NOS. The average molecular weight is 179 g/mol. The fraction of sp³-hybridized carbons (Fsp3) is 0.111. The first-order valence-electron chi connectivity index (χ1n) is 3.65. The van der Waals surface area contributed by atoms with Crippen LogP contribution in [0.5, 0.6) is 5.88 Å². The van der Waals surface area contributed by atoms with Gasteiger partial charge in [-0.15, -0.1) is 11.8 Å². The molecule has 0 saturated heterocycles. The van der Waals surface area contributed by atoms with Crippen LogP contribution in [0, 0.1) is 0 Å². The Morgan fingerprint density at radius 3 is 2.92 bits per heavy atom. The third-order valence-corrected chi connectivity index (χ3v) is 2.54. The van der Waals surface area contributed by atoms with E-state index in [1.165, 1.54) is 4.90 Å². The van der Waals surface area contributed by atoms with Crippen molar-refractivity contribution in [1.82, 2.24) is 4.98 Å². The molecule has 0 aliphatic rings. The molecule has 0 aliphatic carbocycles. The summed E-state index contributed by atoms with van der Waals surface area (Å²) in [7, 11) is 0. The number of aromatic hydroxyl groups is 1. The number of aromatic nitrogens is 1. The normalized spacial score (nSPS) is 10.8. The van der Waals surface area contributed by atoms with E-state index in [4.69, 9.17) is 5.11 Å². The Bertz CT molecular complexity index is 408. The van der Waals surface area contributed by atoms with E-state index < -0.39 is 0 Å². The Morgan fingerprint density at radius 2 is 2.17 bits per heavy atom. The summed E-state index contributed by atoms with van der Waals surface area (Å²) in [5.41, 5.74) is 0.986. The molecule has 1 aromatic carbocycles. The van der Waals surface area contributed by atoms with Gasteiger partial charge in [-0.1, -0.05) is 6.07 Å². The quantitative estimate of drug-likeness (QED) is 0.660. The maximum absolute atomic E-state index is 9.16. The van der Waals surface area contributed by atoms with Crippen LogP contribution >= 0.6 is 11.8 Å². The van der Waals surface area contributed by atoms with Crippen molar-refractivity contribution in [3.05, 3.63) is 24.3 Å². The van der Waals surface area contributed by atoms with Crippen LogP contribution in [0.3, 0.4) is 0 Å². The highest BCUT2D eigenvalue weighted by Crippen LogP contribution is 2.24. The summed E-state index contributed by atoms with van der Waals surface area (Å²) in [5, 5.41) is 10.2. The molecule has 0 saturated carbocycles.